The molecule has 1 aliphatic rings. The molecular formula is C37H28N2. The molecule has 0 aliphatic heterocycles. The first-order chi connectivity index (χ1) is 19.1. The van der Waals surface area contributed by atoms with E-state index in [9.17, 15) is 0 Å². The summed E-state index contributed by atoms with van der Waals surface area (Å²) in [6, 6.07) is 47.0. The Labute approximate surface area is 229 Å². The van der Waals surface area contributed by atoms with Crippen LogP contribution in [0.4, 0.5) is 0 Å². The predicted molar refractivity (Wildman–Crippen MR) is 161 cm³/mol. The molecule has 0 N–H and O–H groups in total. The lowest BCUT2D eigenvalue weighted by Gasteiger charge is -2.22. The van der Waals surface area contributed by atoms with Gasteiger partial charge >= 0.3 is 0 Å². The second-order valence-corrected chi connectivity index (χ2v) is 10.7. The molecule has 0 spiro atoms. The highest BCUT2D eigenvalue weighted by atomic mass is 14.9. The lowest BCUT2D eigenvalue weighted by Crippen LogP contribution is -2.14. The van der Waals surface area contributed by atoms with Crippen molar-refractivity contribution in [3.05, 3.63) is 145 Å². The molecular weight excluding hydrogens is 472 g/mol. The summed E-state index contributed by atoms with van der Waals surface area (Å²) in [6.45, 7) is 4.66. The van der Waals surface area contributed by atoms with Crippen LogP contribution in [0.1, 0.15) is 25.0 Å². The van der Waals surface area contributed by atoms with Crippen LogP contribution in [0.15, 0.2) is 133 Å². The van der Waals surface area contributed by atoms with Gasteiger partial charge in [-0.15, -0.1) is 0 Å². The summed E-state index contributed by atoms with van der Waals surface area (Å²) in [5.41, 5.74) is 12.8. The normalized spacial score (nSPS) is 13.1. The van der Waals surface area contributed by atoms with Gasteiger partial charge in [0.15, 0.2) is 5.82 Å². The van der Waals surface area contributed by atoms with E-state index in [0.717, 1.165) is 33.9 Å². The Kier molecular flexibility index (Phi) is 5.49. The molecule has 0 radical (unpaired) electrons. The zero-order valence-corrected chi connectivity index (χ0v) is 22.1. The Bertz CT molecular complexity index is 1760. The van der Waals surface area contributed by atoms with Gasteiger partial charge in [-0.25, -0.2) is 9.97 Å². The van der Waals surface area contributed by atoms with Crippen LogP contribution in [-0.2, 0) is 5.41 Å². The van der Waals surface area contributed by atoms with Crippen molar-refractivity contribution in [2.45, 2.75) is 19.3 Å². The fourth-order valence-corrected chi connectivity index (χ4v) is 5.81. The van der Waals surface area contributed by atoms with Gasteiger partial charge < -0.3 is 0 Å². The molecule has 2 nitrogen and oxygen atoms in total. The molecule has 0 unspecified atom stereocenters. The van der Waals surface area contributed by atoms with Crippen molar-refractivity contribution in [1.29, 1.82) is 0 Å². The first-order valence-electron chi connectivity index (χ1n) is 13.4. The minimum atomic E-state index is -0.0264. The molecule has 1 heterocycles. The minimum absolute atomic E-state index is 0.0264. The van der Waals surface area contributed by atoms with Gasteiger partial charge in [0.25, 0.3) is 0 Å². The van der Waals surface area contributed by atoms with Gasteiger partial charge in [0.05, 0.1) is 11.4 Å². The average molecular weight is 501 g/mol. The first kappa shape index (κ1) is 23.3. The third-order valence-electron chi connectivity index (χ3n) is 7.90. The highest BCUT2D eigenvalue weighted by Gasteiger charge is 2.35. The standard InChI is InChI=1S/C37H28N2/c1-37(2)32-19-10-9-18-30(32)31-21-20-28(23-33(31)37)27-16-11-17-29(22-27)35-24-34(25-12-5-3-6-13-25)38-36(39-35)26-14-7-4-8-15-26/h3-24H,1-2H3. The van der Waals surface area contributed by atoms with Crippen LogP contribution in [0.3, 0.4) is 0 Å². The van der Waals surface area contributed by atoms with Crippen LogP contribution in [0.2, 0.25) is 0 Å². The van der Waals surface area contributed by atoms with Gasteiger partial charge in [-0.1, -0.05) is 129 Å². The van der Waals surface area contributed by atoms with E-state index < -0.39 is 0 Å². The molecule has 0 fully saturated rings. The van der Waals surface area contributed by atoms with Crippen molar-refractivity contribution in [3.63, 3.8) is 0 Å². The Morgan fingerprint density at radius 3 is 1.74 bits per heavy atom. The summed E-state index contributed by atoms with van der Waals surface area (Å²) in [6.07, 6.45) is 0. The minimum Gasteiger partial charge on any atom is -0.228 e. The van der Waals surface area contributed by atoms with Crippen LogP contribution < -0.4 is 0 Å². The summed E-state index contributed by atoms with van der Waals surface area (Å²) in [5.74, 6) is 0.731. The number of hydrogen-bond acceptors (Lipinski definition) is 2. The molecule has 1 aromatic heterocycles. The fraction of sp³-hybridized carbons (Fsp3) is 0.0811. The van der Waals surface area contributed by atoms with Gasteiger partial charge in [0, 0.05) is 22.1 Å². The van der Waals surface area contributed by atoms with E-state index in [4.69, 9.17) is 9.97 Å². The molecule has 2 heteroatoms. The SMILES string of the molecule is CC1(C)c2ccccc2-c2ccc(-c3cccc(-c4cc(-c5ccccc5)nc(-c5ccccc5)n4)c3)cc21. The monoisotopic (exact) mass is 500 g/mol. The summed E-state index contributed by atoms with van der Waals surface area (Å²) < 4.78 is 0. The van der Waals surface area contributed by atoms with Crippen molar-refractivity contribution in [2.24, 2.45) is 0 Å². The van der Waals surface area contributed by atoms with E-state index in [1.54, 1.807) is 0 Å². The highest BCUT2D eigenvalue weighted by Crippen LogP contribution is 2.49. The molecule has 0 saturated heterocycles. The average Bonchev–Trinajstić information content (AvgIpc) is 3.24. The van der Waals surface area contributed by atoms with Crippen molar-refractivity contribution in [1.82, 2.24) is 9.97 Å². The molecule has 0 atom stereocenters. The van der Waals surface area contributed by atoms with Gasteiger partial charge in [-0.3, -0.25) is 0 Å². The maximum Gasteiger partial charge on any atom is 0.160 e. The number of hydrogen-bond donors (Lipinski definition) is 0. The van der Waals surface area contributed by atoms with E-state index in [-0.39, 0.29) is 5.41 Å². The lowest BCUT2D eigenvalue weighted by molar-refractivity contribution is 0.660. The van der Waals surface area contributed by atoms with Crippen LogP contribution >= 0.6 is 0 Å². The molecule has 0 amide bonds. The number of fused-ring (bicyclic) bond motifs is 3. The van der Waals surface area contributed by atoms with Crippen molar-refractivity contribution >= 4 is 0 Å². The largest absolute Gasteiger partial charge is 0.228 e. The zero-order chi connectivity index (χ0) is 26.4. The summed E-state index contributed by atoms with van der Waals surface area (Å²) in [5, 5.41) is 0. The molecule has 39 heavy (non-hydrogen) atoms. The highest BCUT2D eigenvalue weighted by molar-refractivity contribution is 5.84. The van der Waals surface area contributed by atoms with Crippen LogP contribution in [-0.4, -0.2) is 9.97 Å². The quantitative estimate of drug-likeness (QED) is 0.241. The third kappa shape index (κ3) is 4.06. The van der Waals surface area contributed by atoms with Crippen LogP contribution in [0.5, 0.6) is 0 Å². The van der Waals surface area contributed by atoms with E-state index in [0.29, 0.717) is 0 Å². The van der Waals surface area contributed by atoms with Gasteiger partial charge in [0.2, 0.25) is 0 Å². The van der Waals surface area contributed by atoms with Gasteiger partial charge in [-0.05, 0) is 51.6 Å². The number of rotatable bonds is 4. The Morgan fingerprint density at radius 1 is 0.410 bits per heavy atom. The number of aromatic nitrogens is 2. The second-order valence-electron chi connectivity index (χ2n) is 10.7. The van der Waals surface area contributed by atoms with Crippen LogP contribution in [0.25, 0.3) is 56.2 Å². The molecule has 6 aromatic rings. The van der Waals surface area contributed by atoms with Crippen LogP contribution in [0, 0.1) is 0 Å². The van der Waals surface area contributed by atoms with Gasteiger partial charge in [-0.2, -0.15) is 0 Å². The summed E-state index contributed by atoms with van der Waals surface area (Å²) in [7, 11) is 0. The Balaban J connectivity index is 1.34. The maximum absolute atomic E-state index is 5.03. The Hall–Kier alpha value is -4.82. The number of nitrogens with zero attached hydrogens (tertiary/aromatic N) is 2. The lowest BCUT2D eigenvalue weighted by atomic mass is 9.81. The molecule has 5 aromatic carbocycles. The third-order valence-corrected chi connectivity index (χ3v) is 7.90. The smallest absolute Gasteiger partial charge is 0.160 e. The molecule has 186 valence electrons. The van der Waals surface area contributed by atoms with E-state index in [1.807, 2.05) is 36.4 Å². The van der Waals surface area contributed by atoms with Crippen molar-refractivity contribution in [2.75, 3.05) is 0 Å². The van der Waals surface area contributed by atoms with Crippen molar-refractivity contribution in [3.8, 4) is 56.2 Å². The molecule has 7 rings (SSSR count). The zero-order valence-electron chi connectivity index (χ0n) is 22.1. The Morgan fingerprint density at radius 2 is 0.974 bits per heavy atom. The van der Waals surface area contributed by atoms with E-state index in [1.165, 1.54) is 33.4 Å². The van der Waals surface area contributed by atoms with E-state index >= 15 is 0 Å². The van der Waals surface area contributed by atoms with E-state index in [2.05, 4.69) is 111 Å². The topological polar surface area (TPSA) is 25.8 Å². The summed E-state index contributed by atoms with van der Waals surface area (Å²) in [4.78, 5) is 9.97. The fourth-order valence-electron chi connectivity index (χ4n) is 5.81. The molecule has 1 aliphatic carbocycles. The predicted octanol–water partition coefficient (Wildman–Crippen LogP) is 9.45. The summed E-state index contributed by atoms with van der Waals surface area (Å²) >= 11 is 0. The molecule has 0 saturated carbocycles. The van der Waals surface area contributed by atoms with Crippen molar-refractivity contribution < 1.29 is 0 Å². The van der Waals surface area contributed by atoms with Gasteiger partial charge in [0.1, 0.15) is 0 Å². The number of benzene rings is 5. The maximum atomic E-state index is 5.03. The molecule has 0 bridgehead atoms. The second kappa shape index (κ2) is 9.18. The first-order valence-corrected chi connectivity index (χ1v) is 13.4.